The number of anilines is 1. The van der Waals surface area contributed by atoms with Gasteiger partial charge in [-0.2, -0.15) is 0 Å². The highest BCUT2D eigenvalue weighted by Gasteiger charge is 2.46. The molecule has 2 heterocycles. The molecule has 0 N–H and O–H groups in total. The van der Waals surface area contributed by atoms with Crippen LogP contribution in [0.15, 0.2) is 24.3 Å². The lowest BCUT2D eigenvalue weighted by Crippen LogP contribution is -2.41. The second-order valence-electron chi connectivity index (χ2n) is 4.26. The van der Waals surface area contributed by atoms with Crippen molar-refractivity contribution < 1.29 is 9.53 Å². The molecule has 2 unspecified atom stereocenters. The summed E-state index contributed by atoms with van der Waals surface area (Å²) < 4.78 is 5.35. The molecule has 2 atom stereocenters. The maximum atomic E-state index is 11.9. The topological polar surface area (TPSA) is 29.5 Å². The van der Waals surface area contributed by atoms with Gasteiger partial charge in [-0.05, 0) is 19.1 Å². The molecule has 2 aliphatic heterocycles. The van der Waals surface area contributed by atoms with Crippen molar-refractivity contribution in [1.82, 2.24) is 0 Å². The summed E-state index contributed by atoms with van der Waals surface area (Å²) in [6.45, 7) is 2.73. The number of carbonyl (C=O) groups is 1. The van der Waals surface area contributed by atoms with Crippen LogP contribution in [-0.4, -0.2) is 24.7 Å². The molecular weight excluding hydrogens is 190 g/mol. The Bertz CT molecular complexity index is 399. The molecule has 0 aliphatic carbocycles. The van der Waals surface area contributed by atoms with E-state index in [2.05, 4.69) is 0 Å². The third-order valence-corrected chi connectivity index (χ3v) is 3.17. The molecule has 1 amide bonds. The fourth-order valence-electron chi connectivity index (χ4n) is 2.34. The molecule has 0 aromatic heterocycles. The van der Waals surface area contributed by atoms with E-state index in [9.17, 15) is 4.79 Å². The van der Waals surface area contributed by atoms with Crippen LogP contribution in [0, 0.1) is 6.92 Å². The quantitative estimate of drug-likeness (QED) is 0.692. The lowest BCUT2D eigenvalue weighted by molar-refractivity contribution is -0.128. The number of hydrogen-bond donors (Lipinski definition) is 0. The summed E-state index contributed by atoms with van der Waals surface area (Å²) in [7, 11) is 0. The summed E-state index contributed by atoms with van der Waals surface area (Å²) in [5.74, 6) is 0.120. The Kier molecular flexibility index (Phi) is 1.83. The third kappa shape index (κ3) is 1.27. The van der Waals surface area contributed by atoms with E-state index >= 15 is 0 Å². The lowest BCUT2D eigenvalue weighted by Gasteiger charge is -2.26. The van der Waals surface area contributed by atoms with E-state index in [0.717, 1.165) is 12.1 Å². The highest BCUT2D eigenvalue weighted by molar-refractivity contribution is 6.00. The van der Waals surface area contributed by atoms with Gasteiger partial charge in [-0.3, -0.25) is 4.79 Å². The number of rotatable bonds is 1. The summed E-state index contributed by atoms with van der Waals surface area (Å²) in [6, 6.07) is 8.34. The van der Waals surface area contributed by atoms with Crippen LogP contribution in [0.1, 0.15) is 12.0 Å². The normalized spacial score (nSPS) is 28.9. The maximum Gasteiger partial charge on any atom is 0.256 e. The second-order valence-corrected chi connectivity index (χ2v) is 4.26. The molecule has 78 valence electrons. The van der Waals surface area contributed by atoms with Crippen LogP contribution < -0.4 is 4.90 Å². The van der Waals surface area contributed by atoms with Gasteiger partial charge in [-0.25, -0.2) is 0 Å². The van der Waals surface area contributed by atoms with E-state index in [1.807, 2.05) is 36.1 Å². The van der Waals surface area contributed by atoms with Crippen molar-refractivity contribution in [3.8, 4) is 0 Å². The zero-order valence-corrected chi connectivity index (χ0v) is 8.64. The fraction of sp³-hybridized carbons (Fsp3) is 0.417. The molecule has 0 spiro atoms. The van der Waals surface area contributed by atoms with E-state index < -0.39 is 0 Å². The Balaban J connectivity index is 1.94. The van der Waals surface area contributed by atoms with E-state index in [-0.39, 0.29) is 18.1 Å². The molecule has 3 rings (SSSR count). The number of morpholine rings is 1. The van der Waals surface area contributed by atoms with Crippen LogP contribution in [0.4, 0.5) is 5.69 Å². The standard InChI is InChI=1S/C12H13NO2/c1-8-2-4-9(5-3-8)13-10-6-11(12(13)14)15-7-10/h2-5,10-11H,6-7H2,1H3. The number of amides is 1. The van der Waals surface area contributed by atoms with E-state index in [1.54, 1.807) is 0 Å². The number of hydrogen-bond acceptors (Lipinski definition) is 2. The number of carbonyl (C=O) groups excluding carboxylic acids is 1. The molecule has 2 saturated heterocycles. The summed E-state index contributed by atoms with van der Waals surface area (Å²) in [5.41, 5.74) is 2.22. The average Bonchev–Trinajstić information content (AvgIpc) is 2.80. The summed E-state index contributed by atoms with van der Waals surface area (Å²) in [6.07, 6.45) is 0.670. The number of aryl methyl sites for hydroxylation is 1. The minimum Gasteiger partial charge on any atom is -0.366 e. The van der Waals surface area contributed by atoms with Crippen molar-refractivity contribution in [2.24, 2.45) is 0 Å². The van der Waals surface area contributed by atoms with Gasteiger partial charge < -0.3 is 9.64 Å². The highest BCUT2D eigenvalue weighted by Crippen LogP contribution is 2.33. The molecule has 2 aliphatic rings. The Morgan fingerprint density at radius 3 is 2.67 bits per heavy atom. The van der Waals surface area contributed by atoms with Crippen LogP contribution in [0.5, 0.6) is 0 Å². The monoisotopic (exact) mass is 203 g/mol. The number of nitrogens with zero attached hydrogens (tertiary/aromatic N) is 1. The molecule has 1 aromatic rings. The van der Waals surface area contributed by atoms with Gasteiger partial charge in [-0.1, -0.05) is 17.7 Å². The van der Waals surface area contributed by atoms with Gasteiger partial charge in [0, 0.05) is 12.1 Å². The summed E-state index contributed by atoms with van der Waals surface area (Å²) >= 11 is 0. The average molecular weight is 203 g/mol. The maximum absolute atomic E-state index is 11.9. The molecule has 3 nitrogen and oxygen atoms in total. The summed E-state index contributed by atoms with van der Waals surface area (Å²) in [4.78, 5) is 13.7. The number of benzene rings is 1. The van der Waals surface area contributed by atoms with Crippen molar-refractivity contribution in [2.75, 3.05) is 11.5 Å². The molecule has 0 saturated carbocycles. The van der Waals surface area contributed by atoms with Gasteiger partial charge in [0.1, 0.15) is 6.10 Å². The fourth-order valence-corrected chi connectivity index (χ4v) is 2.34. The molecule has 2 bridgehead atoms. The minimum absolute atomic E-state index is 0.120. The Morgan fingerprint density at radius 1 is 1.33 bits per heavy atom. The first-order chi connectivity index (χ1) is 7.25. The summed E-state index contributed by atoms with van der Waals surface area (Å²) in [5, 5.41) is 0. The second kappa shape index (κ2) is 3.07. The Hall–Kier alpha value is -1.35. The number of ether oxygens (including phenoxy) is 1. The SMILES string of the molecule is Cc1ccc(N2C(=O)C3CC2CO3)cc1. The smallest absolute Gasteiger partial charge is 0.256 e. The first-order valence-electron chi connectivity index (χ1n) is 5.27. The van der Waals surface area contributed by atoms with Crippen molar-refractivity contribution in [3.63, 3.8) is 0 Å². The largest absolute Gasteiger partial charge is 0.366 e. The van der Waals surface area contributed by atoms with E-state index in [1.165, 1.54) is 5.56 Å². The predicted molar refractivity (Wildman–Crippen MR) is 56.8 cm³/mol. The first-order valence-corrected chi connectivity index (χ1v) is 5.27. The molecule has 1 aromatic carbocycles. The lowest BCUT2D eigenvalue weighted by atomic mass is 10.2. The third-order valence-electron chi connectivity index (χ3n) is 3.17. The molecule has 2 fully saturated rings. The number of fused-ring (bicyclic) bond motifs is 2. The van der Waals surface area contributed by atoms with Gasteiger partial charge in [0.25, 0.3) is 5.91 Å². The molecule has 15 heavy (non-hydrogen) atoms. The van der Waals surface area contributed by atoms with E-state index in [4.69, 9.17) is 4.74 Å². The molecule has 0 radical (unpaired) electrons. The first kappa shape index (κ1) is 8.92. The predicted octanol–water partition coefficient (Wildman–Crippen LogP) is 1.50. The van der Waals surface area contributed by atoms with Crippen molar-refractivity contribution in [1.29, 1.82) is 0 Å². The highest BCUT2D eigenvalue weighted by atomic mass is 16.5. The van der Waals surface area contributed by atoms with Gasteiger partial charge in [0.15, 0.2) is 0 Å². The van der Waals surface area contributed by atoms with Crippen LogP contribution in [0.2, 0.25) is 0 Å². The van der Waals surface area contributed by atoms with Crippen LogP contribution in [0.3, 0.4) is 0 Å². The molecule has 3 heteroatoms. The zero-order valence-electron chi connectivity index (χ0n) is 8.64. The van der Waals surface area contributed by atoms with Crippen molar-refractivity contribution in [2.45, 2.75) is 25.5 Å². The van der Waals surface area contributed by atoms with Gasteiger partial charge in [0.05, 0.1) is 12.6 Å². The van der Waals surface area contributed by atoms with Gasteiger partial charge >= 0.3 is 0 Å². The zero-order chi connectivity index (χ0) is 10.4. The van der Waals surface area contributed by atoms with Crippen molar-refractivity contribution in [3.05, 3.63) is 29.8 Å². The van der Waals surface area contributed by atoms with Gasteiger partial charge in [-0.15, -0.1) is 0 Å². The van der Waals surface area contributed by atoms with Crippen LogP contribution in [0.25, 0.3) is 0 Å². The minimum atomic E-state index is -0.184. The van der Waals surface area contributed by atoms with Crippen LogP contribution in [-0.2, 0) is 9.53 Å². The van der Waals surface area contributed by atoms with Gasteiger partial charge in [0.2, 0.25) is 0 Å². The molecular formula is C12H13NO2. The van der Waals surface area contributed by atoms with E-state index in [0.29, 0.717) is 6.61 Å². The Labute approximate surface area is 88.6 Å². The van der Waals surface area contributed by atoms with Crippen molar-refractivity contribution >= 4 is 11.6 Å². The Morgan fingerprint density at radius 2 is 2.07 bits per heavy atom. The van der Waals surface area contributed by atoms with Crippen LogP contribution >= 0.6 is 0 Å².